The number of guanidine groups is 1. The van der Waals surface area contributed by atoms with Crippen LogP contribution in [0.3, 0.4) is 0 Å². The van der Waals surface area contributed by atoms with Crippen molar-refractivity contribution in [2.75, 3.05) is 18.8 Å². The summed E-state index contributed by atoms with van der Waals surface area (Å²) in [6.45, 7) is 9.68. The minimum Gasteiger partial charge on any atom is -0.388 e. The van der Waals surface area contributed by atoms with Crippen LogP contribution in [0.1, 0.15) is 66.2 Å². The predicted molar refractivity (Wildman–Crippen MR) is 114 cm³/mol. The molecular weight excluding hydrogens is 421 g/mol. The first-order chi connectivity index (χ1) is 10.6. The molecular formula is C17H36IN3OS. The lowest BCUT2D eigenvalue weighted by Crippen LogP contribution is -2.46. The van der Waals surface area contributed by atoms with Crippen LogP contribution in [0.15, 0.2) is 4.99 Å². The minimum absolute atomic E-state index is 0. The lowest BCUT2D eigenvalue weighted by molar-refractivity contribution is 0.0417. The van der Waals surface area contributed by atoms with Gasteiger partial charge in [-0.15, -0.1) is 24.0 Å². The van der Waals surface area contributed by atoms with Crippen molar-refractivity contribution in [2.24, 2.45) is 4.99 Å². The van der Waals surface area contributed by atoms with Crippen molar-refractivity contribution in [3.63, 3.8) is 0 Å². The molecule has 138 valence electrons. The summed E-state index contributed by atoms with van der Waals surface area (Å²) >= 11 is 2.08. The Labute approximate surface area is 164 Å². The van der Waals surface area contributed by atoms with Crippen LogP contribution in [0, 0.1) is 0 Å². The van der Waals surface area contributed by atoms with Crippen LogP contribution < -0.4 is 10.6 Å². The Kier molecular flexibility index (Phi) is 12.8. The van der Waals surface area contributed by atoms with Gasteiger partial charge in [0.2, 0.25) is 0 Å². The average molecular weight is 457 g/mol. The molecule has 1 rings (SSSR count). The molecule has 0 saturated heterocycles. The summed E-state index contributed by atoms with van der Waals surface area (Å²) < 4.78 is 0. The van der Waals surface area contributed by atoms with Gasteiger partial charge in [0.15, 0.2) is 5.96 Å². The van der Waals surface area contributed by atoms with Crippen LogP contribution in [0.5, 0.6) is 0 Å². The van der Waals surface area contributed by atoms with Crippen LogP contribution in [0.25, 0.3) is 0 Å². The van der Waals surface area contributed by atoms with Gasteiger partial charge < -0.3 is 15.7 Å². The molecule has 0 aromatic rings. The largest absolute Gasteiger partial charge is 0.388 e. The zero-order valence-electron chi connectivity index (χ0n) is 15.2. The van der Waals surface area contributed by atoms with Crippen molar-refractivity contribution in [2.45, 2.75) is 83.1 Å². The van der Waals surface area contributed by atoms with E-state index >= 15 is 0 Å². The molecule has 0 bridgehead atoms. The van der Waals surface area contributed by atoms with E-state index in [4.69, 9.17) is 0 Å². The summed E-state index contributed by atoms with van der Waals surface area (Å²) in [6, 6.07) is 0.506. The van der Waals surface area contributed by atoms with E-state index < -0.39 is 5.60 Å². The lowest BCUT2D eigenvalue weighted by Gasteiger charge is -2.31. The van der Waals surface area contributed by atoms with Crippen molar-refractivity contribution in [3.05, 3.63) is 0 Å². The van der Waals surface area contributed by atoms with Gasteiger partial charge in [0.05, 0.1) is 12.1 Å². The molecule has 0 spiro atoms. The number of hydrogen-bond donors (Lipinski definition) is 3. The summed E-state index contributed by atoms with van der Waals surface area (Å²) in [7, 11) is 0. The van der Waals surface area contributed by atoms with Crippen LogP contribution in [0.4, 0.5) is 0 Å². The average Bonchev–Trinajstić information content (AvgIpc) is 2.53. The van der Waals surface area contributed by atoms with E-state index in [2.05, 4.69) is 41.2 Å². The number of thioether (sulfide) groups is 1. The smallest absolute Gasteiger partial charge is 0.191 e. The van der Waals surface area contributed by atoms with Crippen molar-refractivity contribution < 1.29 is 5.11 Å². The maximum absolute atomic E-state index is 10.4. The monoisotopic (exact) mass is 457 g/mol. The molecule has 0 aliphatic heterocycles. The second-order valence-electron chi connectivity index (χ2n) is 6.21. The molecule has 0 amide bonds. The van der Waals surface area contributed by atoms with Crippen molar-refractivity contribution >= 4 is 41.7 Å². The Balaban J connectivity index is 0.00000484. The van der Waals surface area contributed by atoms with Crippen molar-refractivity contribution in [1.82, 2.24) is 10.6 Å². The minimum atomic E-state index is -0.671. The fraction of sp³-hybridized carbons (Fsp3) is 0.941. The van der Waals surface area contributed by atoms with Crippen molar-refractivity contribution in [1.29, 1.82) is 0 Å². The Bertz CT molecular complexity index is 336. The summed E-state index contributed by atoms with van der Waals surface area (Å²) in [5, 5.41) is 18.1. The first-order valence-electron chi connectivity index (χ1n) is 8.95. The molecule has 0 radical (unpaired) electrons. The van der Waals surface area contributed by atoms with Gasteiger partial charge in [-0.3, -0.25) is 4.99 Å². The molecule has 3 N–H and O–H groups in total. The van der Waals surface area contributed by atoms with E-state index in [9.17, 15) is 5.11 Å². The van der Waals surface area contributed by atoms with E-state index in [1.165, 1.54) is 31.4 Å². The van der Waals surface area contributed by atoms with E-state index in [-0.39, 0.29) is 24.0 Å². The number of nitrogens with zero attached hydrogens (tertiary/aromatic N) is 1. The fourth-order valence-corrected chi connectivity index (χ4v) is 4.05. The molecule has 1 saturated carbocycles. The van der Waals surface area contributed by atoms with Gasteiger partial charge in [0.25, 0.3) is 0 Å². The second kappa shape index (κ2) is 12.6. The van der Waals surface area contributed by atoms with Crippen molar-refractivity contribution in [3.8, 4) is 0 Å². The number of rotatable bonds is 8. The van der Waals surface area contributed by atoms with Gasteiger partial charge in [0.1, 0.15) is 0 Å². The van der Waals surface area contributed by atoms with Crippen LogP contribution in [0.2, 0.25) is 0 Å². The zero-order valence-corrected chi connectivity index (χ0v) is 18.4. The third kappa shape index (κ3) is 8.82. The number of aliphatic imine (C=N–C) groups is 1. The molecule has 2 atom stereocenters. The maximum Gasteiger partial charge on any atom is 0.191 e. The highest BCUT2D eigenvalue weighted by molar-refractivity contribution is 14.0. The molecule has 0 heterocycles. The number of aliphatic hydroxyl groups is 1. The molecule has 0 aromatic carbocycles. The molecule has 2 unspecified atom stereocenters. The van der Waals surface area contributed by atoms with Crippen LogP contribution in [-0.2, 0) is 0 Å². The molecule has 23 heavy (non-hydrogen) atoms. The Hall–Kier alpha value is 0.310. The molecule has 1 aliphatic rings. The fourth-order valence-electron chi connectivity index (χ4n) is 2.88. The Morgan fingerprint density at radius 3 is 2.48 bits per heavy atom. The van der Waals surface area contributed by atoms with E-state index in [1.54, 1.807) is 0 Å². The van der Waals surface area contributed by atoms with Gasteiger partial charge in [-0.25, -0.2) is 0 Å². The number of nitrogens with one attached hydrogen (secondary N) is 2. The van der Waals surface area contributed by atoms with Crippen LogP contribution in [-0.4, -0.2) is 46.8 Å². The molecule has 6 heteroatoms. The third-order valence-electron chi connectivity index (χ3n) is 4.56. The first-order valence-corrected chi connectivity index (χ1v) is 10.0. The predicted octanol–water partition coefficient (Wildman–Crippen LogP) is 3.77. The molecule has 1 aliphatic carbocycles. The normalized spacial score (nSPS) is 22.4. The van der Waals surface area contributed by atoms with E-state index in [0.29, 0.717) is 12.6 Å². The van der Waals surface area contributed by atoms with Crippen LogP contribution >= 0.6 is 35.7 Å². The highest BCUT2D eigenvalue weighted by atomic mass is 127. The summed E-state index contributed by atoms with van der Waals surface area (Å²) in [5.74, 6) is 2.06. The first kappa shape index (κ1) is 23.3. The van der Waals surface area contributed by atoms with E-state index in [0.717, 1.165) is 30.6 Å². The lowest BCUT2D eigenvalue weighted by atomic mass is 9.95. The van der Waals surface area contributed by atoms with E-state index in [1.807, 2.05) is 13.8 Å². The van der Waals surface area contributed by atoms with Gasteiger partial charge >= 0.3 is 0 Å². The molecule has 1 fully saturated rings. The van der Waals surface area contributed by atoms with Gasteiger partial charge in [-0.05, 0) is 44.8 Å². The quantitative estimate of drug-likeness (QED) is 0.295. The topological polar surface area (TPSA) is 56.7 Å². The maximum atomic E-state index is 10.4. The standard InChI is InChI=1S/C17H35N3OS.HI/c1-5-17(21,6-2)13-19-16(18-7-3)20-14-10-9-11-15(12-14)22-8-4;/h14-15,21H,5-13H2,1-4H3,(H2,18,19,20);1H. The second-order valence-corrected chi connectivity index (χ2v) is 7.79. The SMILES string of the molecule is CCNC(=NCC(O)(CC)CC)NC1CCCC(SCC)C1.I. The zero-order chi connectivity index (χ0) is 16.4. The number of hydrogen-bond acceptors (Lipinski definition) is 3. The third-order valence-corrected chi connectivity index (χ3v) is 5.79. The Morgan fingerprint density at radius 1 is 1.22 bits per heavy atom. The Morgan fingerprint density at radius 2 is 1.91 bits per heavy atom. The highest BCUT2D eigenvalue weighted by Gasteiger charge is 2.24. The van der Waals surface area contributed by atoms with Gasteiger partial charge in [-0.2, -0.15) is 11.8 Å². The summed E-state index contributed by atoms with van der Waals surface area (Å²) in [6.07, 6.45) is 6.56. The summed E-state index contributed by atoms with van der Waals surface area (Å²) in [4.78, 5) is 4.63. The highest BCUT2D eigenvalue weighted by Crippen LogP contribution is 2.28. The summed E-state index contributed by atoms with van der Waals surface area (Å²) in [5.41, 5.74) is -0.671. The van der Waals surface area contributed by atoms with Gasteiger partial charge in [-0.1, -0.05) is 27.2 Å². The molecule has 0 aromatic heterocycles. The van der Waals surface area contributed by atoms with Gasteiger partial charge in [0, 0.05) is 17.8 Å². The molecule has 4 nitrogen and oxygen atoms in total. The number of halogens is 1.